The normalized spacial score (nSPS) is 18.3. The highest BCUT2D eigenvalue weighted by molar-refractivity contribution is 5.87. The summed E-state index contributed by atoms with van der Waals surface area (Å²) in [5, 5.41) is 1.70. The molecule has 1 aliphatic carbocycles. The number of nitrogens with zero attached hydrogens (tertiary/aromatic N) is 1. The number of benzene rings is 1. The highest BCUT2D eigenvalue weighted by Gasteiger charge is 2.31. The van der Waals surface area contributed by atoms with Crippen molar-refractivity contribution in [1.82, 2.24) is 4.98 Å². The second-order valence-corrected chi connectivity index (χ2v) is 5.66. The van der Waals surface area contributed by atoms with E-state index in [0.717, 1.165) is 16.7 Å². The number of rotatable bonds is 4. The molecular weight excluding hydrogens is 241 g/mol. The lowest BCUT2D eigenvalue weighted by Crippen LogP contribution is -2.08. The predicted molar refractivity (Wildman–Crippen MR) is 73.8 cm³/mol. The zero-order valence-corrected chi connectivity index (χ0v) is 11.3. The molecule has 1 aliphatic rings. The van der Waals surface area contributed by atoms with Crippen LogP contribution in [0.4, 0.5) is 4.53 Å². The van der Waals surface area contributed by atoms with Crippen LogP contribution in [0.25, 0.3) is 10.8 Å². The molecule has 1 fully saturated rings. The van der Waals surface area contributed by atoms with E-state index in [-0.39, 0.29) is 5.88 Å². The fraction of sp³-hybridized carbons (Fsp3) is 0.438. The van der Waals surface area contributed by atoms with Crippen LogP contribution in [-0.4, -0.2) is 4.98 Å². The van der Waals surface area contributed by atoms with Crippen LogP contribution in [0, 0.1) is 11.8 Å². The molecule has 3 heteroatoms. The van der Waals surface area contributed by atoms with Crippen molar-refractivity contribution in [3.8, 4) is 5.88 Å². The summed E-state index contributed by atoms with van der Waals surface area (Å²) in [6.45, 7) is 4.60. The zero-order chi connectivity index (χ0) is 13.4. The van der Waals surface area contributed by atoms with Crippen molar-refractivity contribution in [2.45, 2.75) is 32.6 Å². The fourth-order valence-electron chi connectivity index (χ4n) is 2.85. The minimum atomic E-state index is 0.0481. The Bertz CT molecular complexity index is 594. The lowest BCUT2D eigenvalue weighted by Gasteiger charge is -2.20. The van der Waals surface area contributed by atoms with Crippen LogP contribution < -0.4 is 4.94 Å². The molecule has 2 aromatic rings. The quantitative estimate of drug-likeness (QED) is 0.797. The van der Waals surface area contributed by atoms with Gasteiger partial charge in [0.05, 0.1) is 0 Å². The first-order valence-electron chi connectivity index (χ1n) is 6.88. The van der Waals surface area contributed by atoms with Gasteiger partial charge in [-0.05, 0) is 53.7 Å². The monoisotopic (exact) mass is 259 g/mol. The van der Waals surface area contributed by atoms with Gasteiger partial charge in [-0.3, -0.25) is 4.94 Å². The third-order valence-corrected chi connectivity index (χ3v) is 4.51. The van der Waals surface area contributed by atoms with Crippen molar-refractivity contribution in [2.75, 3.05) is 0 Å². The van der Waals surface area contributed by atoms with Gasteiger partial charge in [-0.15, -0.1) is 0 Å². The van der Waals surface area contributed by atoms with E-state index in [0.29, 0.717) is 11.8 Å². The SMILES string of the molecule is C[C@H](C1CC1)[C@@H](C)c1ccc2c(OF)nccc2c1. The van der Waals surface area contributed by atoms with E-state index in [4.69, 9.17) is 0 Å². The van der Waals surface area contributed by atoms with E-state index in [1.807, 2.05) is 12.1 Å². The Balaban J connectivity index is 1.97. The molecule has 2 nitrogen and oxygen atoms in total. The molecule has 2 atom stereocenters. The molecule has 1 saturated carbocycles. The van der Waals surface area contributed by atoms with E-state index >= 15 is 0 Å². The van der Waals surface area contributed by atoms with E-state index < -0.39 is 0 Å². The molecule has 0 unspecified atom stereocenters. The standard InChI is InChI=1S/C16H18FNO/c1-10(12-3-4-12)11(2)13-5-6-15-14(9-13)7-8-18-16(15)19-17/h5-12H,3-4H2,1-2H3/t10-,11+/m0/s1. The summed E-state index contributed by atoms with van der Waals surface area (Å²) in [5.41, 5.74) is 1.31. The number of halogens is 1. The molecule has 0 aliphatic heterocycles. The summed E-state index contributed by atoms with van der Waals surface area (Å²) >= 11 is 0. The van der Waals surface area contributed by atoms with Gasteiger partial charge in [0.1, 0.15) is 0 Å². The van der Waals surface area contributed by atoms with Crippen LogP contribution in [0.2, 0.25) is 0 Å². The minimum Gasteiger partial charge on any atom is -0.273 e. The maximum Gasteiger partial charge on any atom is 0.270 e. The van der Waals surface area contributed by atoms with Crippen LogP contribution in [0.1, 0.15) is 38.2 Å². The average molecular weight is 259 g/mol. The van der Waals surface area contributed by atoms with Gasteiger partial charge in [0, 0.05) is 16.1 Å². The summed E-state index contributed by atoms with van der Waals surface area (Å²) in [5.74, 6) is 2.16. The van der Waals surface area contributed by atoms with E-state index in [2.05, 4.69) is 35.9 Å². The second-order valence-electron chi connectivity index (χ2n) is 5.66. The highest BCUT2D eigenvalue weighted by atomic mass is 19.3. The van der Waals surface area contributed by atoms with Crippen LogP contribution in [0.15, 0.2) is 30.5 Å². The van der Waals surface area contributed by atoms with Crippen molar-refractivity contribution in [3.63, 3.8) is 0 Å². The number of pyridine rings is 1. The molecule has 0 N–H and O–H groups in total. The molecular formula is C16H18FNO. The Hall–Kier alpha value is -1.64. The maximum absolute atomic E-state index is 12.4. The van der Waals surface area contributed by atoms with E-state index in [9.17, 15) is 4.53 Å². The molecule has 1 aromatic heterocycles. The van der Waals surface area contributed by atoms with Gasteiger partial charge in [-0.2, -0.15) is 0 Å². The van der Waals surface area contributed by atoms with Gasteiger partial charge in [0.25, 0.3) is 5.88 Å². The molecule has 0 amide bonds. The van der Waals surface area contributed by atoms with Crippen LogP contribution in [0.3, 0.4) is 0 Å². The molecule has 0 radical (unpaired) electrons. The lowest BCUT2D eigenvalue weighted by molar-refractivity contribution is -0.00972. The number of fused-ring (bicyclic) bond motifs is 1. The van der Waals surface area contributed by atoms with Crippen molar-refractivity contribution >= 4 is 10.8 Å². The Morgan fingerprint density at radius 3 is 2.74 bits per heavy atom. The summed E-state index contributed by atoms with van der Waals surface area (Å²) in [6, 6.07) is 8.00. The number of hydrogen-bond donors (Lipinski definition) is 0. The topological polar surface area (TPSA) is 22.1 Å². The van der Waals surface area contributed by atoms with E-state index in [1.165, 1.54) is 18.4 Å². The molecule has 3 rings (SSSR count). The molecule has 1 heterocycles. The molecule has 1 aromatic carbocycles. The van der Waals surface area contributed by atoms with Crippen molar-refractivity contribution < 1.29 is 9.47 Å². The van der Waals surface area contributed by atoms with Crippen molar-refractivity contribution in [3.05, 3.63) is 36.0 Å². The first-order chi connectivity index (χ1) is 9.20. The van der Waals surface area contributed by atoms with Gasteiger partial charge in [-0.25, -0.2) is 4.98 Å². The summed E-state index contributed by atoms with van der Waals surface area (Å²) < 4.78 is 12.4. The smallest absolute Gasteiger partial charge is 0.270 e. The van der Waals surface area contributed by atoms with Gasteiger partial charge in [0.2, 0.25) is 0 Å². The number of aromatic nitrogens is 1. The van der Waals surface area contributed by atoms with Gasteiger partial charge < -0.3 is 0 Å². The molecule has 19 heavy (non-hydrogen) atoms. The van der Waals surface area contributed by atoms with Crippen molar-refractivity contribution in [1.29, 1.82) is 0 Å². The van der Waals surface area contributed by atoms with E-state index in [1.54, 1.807) is 6.20 Å². The molecule has 0 spiro atoms. The zero-order valence-electron chi connectivity index (χ0n) is 11.3. The Morgan fingerprint density at radius 2 is 2.05 bits per heavy atom. The highest BCUT2D eigenvalue weighted by Crippen LogP contribution is 2.43. The molecule has 0 bridgehead atoms. The van der Waals surface area contributed by atoms with Crippen LogP contribution in [-0.2, 0) is 0 Å². The Labute approximate surface area is 112 Å². The summed E-state index contributed by atoms with van der Waals surface area (Å²) in [6.07, 6.45) is 4.31. The van der Waals surface area contributed by atoms with Crippen LogP contribution >= 0.6 is 0 Å². The molecule has 100 valence electrons. The van der Waals surface area contributed by atoms with Gasteiger partial charge in [-0.1, -0.05) is 26.0 Å². The molecule has 0 saturated heterocycles. The third-order valence-electron chi connectivity index (χ3n) is 4.51. The average Bonchev–Trinajstić information content (AvgIpc) is 3.29. The predicted octanol–water partition coefficient (Wildman–Crippen LogP) is 4.65. The largest absolute Gasteiger partial charge is 0.273 e. The Kier molecular flexibility index (Phi) is 3.13. The first kappa shape index (κ1) is 12.4. The first-order valence-corrected chi connectivity index (χ1v) is 6.88. The maximum atomic E-state index is 12.4. The summed E-state index contributed by atoms with van der Waals surface area (Å²) in [4.78, 5) is 7.69. The minimum absolute atomic E-state index is 0.0481. The lowest BCUT2D eigenvalue weighted by atomic mass is 9.85. The van der Waals surface area contributed by atoms with Crippen LogP contribution in [0.5, 0.6) is 5.88 Å². The Morgan fingerprint density at radius 1 is 1.26 bits per heavy atom. The van der Waals surface area contributed by atoms with Crippen molar-refractivity contribution in [2.24, 2.45) is 11.8 Å². The second kappa shape index (κ2) is 4.80. The van der Waals surface area contributed by atoms with Gasteiger partial charge >= 0.3 is 0 Å². The summed E-state index contributed by atoms with van der Waals surface area (Å²) in [7, 11) is 0. The third kappa shape index (κ3) is 2.29. The van der Waals surface area contributed by atoms with Gasteiger partial charge in [0.15, 0.2) is 0 Å². The number of hydrogen-bond acceptors (Lipinski definition) is 2. The fourth-order valence-corrected chi connectivity index (χ4v) is 2.85.